The van der Waals surface area contributed by atoms with Gasteiger partial charge in [-0.3, -0.25) is 9.69 Å². The summed E-state index contributed by atoms with van der Waals surface area (Å²) in [4.78, 5) is 17.9. The molecule has 0 radical (unpaired) electrons. The normalized spacial score (nSPS) is 16.9. The first kappa shape index (κ1) is 18.7. The van der Waals surface area contributed by atoms with Crippen LogP contribution in [0.15, 0.2) is 59.4 Å². The van der Waals surface area contributed by atoms with Crippen molar-refractivity contribution in [1.29, 1.82) is 0 Å². The summed E-state index contributed by atoms with van der Waals surface area (Å²) in [5, 5.41) is 1.02. The molecule has 2 heterocycles. The second kappa shape index (κ2) is 7.78. The predicted octanol–water partition coefficient (Wildman–Crippen LogP) is 3.67. The van der Waals surface area contributed by atoms with Gasteiger partial charge in [-0.2, -0.15) is 0 Å². The van der Waals surface area contributed by atoms with E-state index in [1.807, 2.05) is 30.3 Å². The molecule has 1 aliphatic rings. The van der Waals surface area contributed by atoms with Gasteiger partial charge >= 0.3 is 0 Å². The fourth-order valence-electron chi connectivity index (χ4n) is 4.14. The van der Waals surface area contributed by atoms with Crippen LogP contribution in [0.3, 0.4) is 0 Å². The van der Waals surface area contributed by atoms with E-state index < -0.39 is 0 Å². The van der Waals surface area contributed by atoms with Crippen LogP contribution in [0.4, 0.5) is 0 Å². The highest BCUT2D eigenvalue weighted by atomic mass is 16.5. The summed E-state index contributed by atoms with van der Waals surface area (Å²) >= 11 is 0. The zero-order valence-corrected chi connectivity index (χ0v) is 16.4. The minimum absolute atomic E-state index is 0.0348. The monoisotopic (exact) mass is 378 g/mol. The van der Waals surface area contributed by atoms with Crippen LogP contribution in [0.1, 0.15) is 24.0 Å². The molecule has 1 N–H and O–H groups in total. The van der Waals surface area contributed by atoms with E-state index in [0.717, 1.165) is 48.1 Å². The van der Waals surface area contributed by atoms with Gasteiger partial charge in [-0.1, -0.05) is 30.3 Å². The molecule has 0 atom stereocenters. The number of benzene rings is 2. The van der Waals surface area contributed by atoms with Crippen LogP contribution in [0, 0.1) is 0 Å². The summed E-state index contributed by atoms with van der Waals surface area (Å²) in [6.07, 6.45) is 1.83. The quantitative estimate of drug-likeness (QED) is 0.736. The molecule has 0 bridgehead atoms. The maximum absolute atomic E-state index is 12.6. The summed E-state index contributed by atoms with van der Waals surface area (Å²) in [5.74, 6) is 0.740. The van der Waals surface area contributed by atoms with Crippen molar-refractivity contribution in [2.45, 2.75) is 25.0 Å². The van der Waals surface area contributed by atoms with Crippen LogP contribution in [0.25, 0.3) is 10.9 Å². The van der Waals surface area contributed by atoms with Crippen LogP contribution in [0.5, 0.6) is 5.75 Å². The number of piperidine rings is 1. The first-order valence-electron chi connectivity index (χ1n) is 9.66. The SMILES string of the molecule is COc1ccc2cc(CN3CCC(OC)(c4ccccc4)CC3)c(=O)[nH]c2c1. The molecule has 0 unspecified atom stereocenters. The number of fused-ring (bicyclic) bond motifs is 1. The number of hydrogen-bond acceptors (Lipinski definition) is 4. The van der Waals surface area contributed by atoms with Crippen LogP contribution >= 0.6 is 0 Å². The molecule has 2 aromatic carbocycles. The number of methoxy groups -OCH3 is 2. The van der Waals surface area contributed by atoms with Gasteiger partial charge in [0.2, 0.25) is 0 Å². The highest BCUT2D eigenvalue weighted by Crippen LogP contribution is 2.36. The fraction of sp³-hybridized carbons (Fsp3) is 0.348. The Hall–Kier alpha value is -2.63. The second-order valence-electron chi connectivity index (χ2n) is 7.42. The smallest absolute Gasteiger partial charge is 0.252 e. The Morgan fingerprint density at radius 1 is 1.04 bits per heavy atom. The number of nitrogens with zero attached hydrogens (tertiary/aromatic N) is 1. The lowest BCUT2D eigenvalue weighted by molar-refractivity contribution is -0.0638. The van der Waals surface area contributed by atoms with E-state index >= 15 is 0 Å². The van der Waals surface area contributed by atoms with Gasteiger partial charge in [0.05, 0.1) is 18.2 Å². The highest BCUT2D eigenvalue weighted by molar-refractivity contribution is 5.80. The van der Waals surface area contributed by atoms with Crippen LogP contribution in [-0.4, -0.2) is 37.2 Å². The van der Waals surface area contributed by atoms with Gasteiger partial charge in [0, 0.05) is 38.4 Å². The summed E-state index contributed by atoms with van der Waals surface area (Å²) < 4.78 is 11.2. The Kier molecular flexibility index (Phi) is 5.20. The molecule has 1 aromatic heterocycles. The number of rotatable bonds is 5. The van der Waals surface area contributed by atoms with Crippen molar-refractivity contribution in [1.82, 2.24) is 9.88 Å². The van der Waals surface area contributed by atoms with Crippen LogP contribution in [-0.2, 0) is 16.9 Å². The molecule has 0 aliphatic carbocycles. The largest absolute Gasteiger partial charge is 0.497 e. The number of hydrogen-bond donors (Lipinski definition) is 1. The molecule has 5 nitrogen and oxygen atoms in total. The topological polar surface area (TPSA) is 54.6 Å². The number of pyridine rings is 1. The lowest BCUT2D eigenvalue weighted by Crippen LogP contribution is -2.43. The van der Waals surface area contributed by atoms with Crippen LogP contribution in [0.2, 0.25) is 0 Å². The molecule has 0 spiro atoms. The van der Waals surface area contributed by atoms with Gasteiger partial charge in [0.15, 0.2) is 0 Å². The number of nitrogens with one attached hydrogen (secondary N) is 1. The molecule has 1 fully saturated rings. The van der Waals surface area contributed by atoms with Crippen molar-refractivity contribution in [2.24, 2.45) is 0 Å². The van der Waals surface area contributed by atoms with Crippen molar-refractivity contribution in [3.8, 4) is 5.75 Å². The summed E-state index contributed by atoms with van der Waals surface area (Å²) in [6, 6.07) is 18.2. The van der Waals surface area contributed by atoms with E-state index in [2.05, 4.69) is 34.1 Å². The van der Waals surface area contributed by atoms with E-state index in [-0.39, 0.29) is 11.2 Å². The van der Waals surface area contributed by atoms with Crippen molar-refractivity contribution in [3.63, 3.8) is 0 Å². The lowest BCUT2D eigenvalue weighted by Gasteiger charge is -2.41. The Labute approximate surface area is 164 Å². The fourth-order valence-corrected chi connectivity index (χ4v) is 4.14. The van der Waals surface area contributed by atoms with Gasteiger partial charge in [0.1, 0.15) is 5.75 Å². The first-order chi connectivity index (χ1) is 13.6. The van der Waals surface area contributed by atoms with Gasteiger partial charge in [-0.05, 0) is 42.0 Å². The Balaban J connectivity index is 1.50. The van der Waals surface area contributed by atoms with Crippen molar-refractivity contribution < 1.29 is 9.47 Å². The zero-order chi connectivity index (χ0) is 19.6. The maximum atomic E-state index is 12.6. The zero-order valence-electron chi connectivity index (χ0n) is 16.4. The van der Waals surface area contributed by atoms with Crippen molar-refractivity contribution in [3.05, 3.63) is 76.1 Å². The molecule has 1 saturated heterocycles. The highest BCUT2D eigenvalue weighted by Gasteiger charge is 2.36. The average molecular weight is 378 g/mol. The van der Waals surface area contributed by atoms with E-state index in [1.165, 1.54) is 5.56 Å². The predicted molar refractivity (Wildman–Crippen MR) is 111 cm³/mol. The molecular weight excluding hydrogens is 352 g/mol. The Morgan fingerprint density at radius 3 is 2.46 bits per heavy atom. The molecule has 4 rings (SSSR count). The number of likely N-dealkylation sites (tertiary alicyclic amines) is 1. The van der Waals surface area contributed by atoms with Crippen LogP contribution < -0.4 is 10.3 Å². The second-order valence-corrected chi connectivity index (χ2v) is 7.42. The number of ether oxygens (including phenoxy) is 2. The maximum Gasteiger partial charge on any atom is 0.252 e. The average Bonchev–Trinajstić information content (AvgIpc) is 2.75. The number of aromatic amines is 1. The van der Waals surface area contributed by atoms with Gasteiger partial charge in [0.25, 0.3) is 5.56 Å². The number of H-pyrrole nitrogens is 1. The van der Waals surface area contributed by atoms with E-state index in [1.54, 1.807) is 14.2 Å². The first-order valence-corrected chi connectivity index (χ1v) is 9.66. The standard InChI is InChI=1S/C23H26N2O3/c1-27-20-9-8-17-14-18(22(26)24-21(17)15-20)16-25-12-10-23(28-2,11-13-25)19-6-4-3-5-7-19/h3-9,14-15H,10-13,16H2,1-2H3,(H,24,26). The van der Waals surface area contributed by atoms with Gasteiger partial charge < -0.3 is 14.5 Å². The molecule has 3 aromatic rings. The summed E-state index contributed by atoms with van der Waals surface area (Å²) in [6.45, 7) is 2.43. The Bertz CT molecular complexity index is 1010. The molecule has 5 heteroatoms. The number of aromatic nitrogens is 1. The molecular formula is C23H26N2O3. The molecule has 1 aliphatic heterocycles. The third-order valence-electron chi connectivity index (χ3n) is 5.88. The molecule has 0 saturated carbocycles. The van der Waals surface area contributed by atoms with E-state index in [4.69, 9.17) is 9.47 Å². The minimum Gasteiger partial charge on any atom is -0.497 e. The Morgan fingerprint density at radius 2 is 1.79 bits per heavy atom. The molecule has 28 heavy (non-hydrogen) atoms. The minimum atomic E-state index is -0.232. The third-order valence-corrected chi connectivity index (χ3v) is 5.88. The summed E-state index contributed by atoms with van der Waals surface area (Å²) in [5.41, 5.74) is 2.56. The summed E-state index contributed by atoms with van der Waals surface area (Å²) in [7, 11) is 3.42. The van der Waals surface area contributed by atoms with Crippen molar-refractivity contribution in [2.75, 3.05) is 27.3 Å². The molecule has 0 amide bonds. The van der Waals surface area contributed by atoms with E-state index in [0.29, 0.717) is 6.54 Å². The van der Waals surface area contributed by atoms with E-state index in [9.17, 15) is 4.79 Å². The molecule has 146 valence electrons. The third kappa shape index (κ3) is 3.55. The van der Waals surface area contributed by atoms with Gasteiger partial charge in [-0.25, -0.2) is 0 Å². The van der Waals surface area contributed by atoms with Gasteiger partial charge in [-0.15, -0.1) is 0 Å². The lowest BCUT2D eigenvalue weighted by atomic mass is 9.84. The van der Waals surface area contributed by atoms with Crippen molar-refractivity contribution >= 4 is 10.9 Å².